The maximum Gasteiger partial charge on any atom is 0.138 e. The lowest BCUT2D eigenvalue weighted by molar-refractivity contribution is 0.875. The van der Waals surface area contributed by atoms with Crippen molar-refractivity contribution in [1.82, 2.24) is 14.1 Å². The van der Waals surface area contributed by atoms with Gasteiger partial charge in [0, 0.05) is 38.5 Å². The Morgan fingerprint density at radius 3 is 1.94 bits per heavy atom. The molecule has 3 heteroatoms. The zero-order chi connectivity index (χ0) is 31.6. The van der Waals surface area contributed by atoms with E-state index in [0.717, 1.165) is 24.2 Å². The zero-order valence-electron chi connectivity index (χ0n) is 26.3. The van der Waals surface area contributed by atoms with Crippen molar-refractivity contribution in [2.75, 3.05) is 0 Å². The molecule has 1 aliphatic rings. The van der Waals surface area contributed by atoms with Crippen molar-refractivity contribution in [3.05, 3.63) is 169 Å². The summed E-state index contributed by atoms with van der Waals surface area (Å²) in [4.78, 5) is 5.27. The van der Waals surface area contributed by atoms with Gasteiger partial charge in [-0.15, -0.1) is 0 Å². The number of hydrogen-bond acceptors (Lipinski definition) is 1. The molecule has 0 fully saturated rings. The molecule has 0 saturated heterocycles. The van der Waals surface area contributed by atoms with E-state index >= 15 is 0 Å². The molecule has 9 aromatic rings. The van der Waals surface area contributed by atoms with Crippen molar-refractivity contribution in [2.24, 2.45) is 0 Å². The van der Waals surface area contributed by atoms with Crippen molar-refractivity contribution >= 4 is 49.7 Å². The molecule has 3 aromatic heterocycles. The van der Waals surface area contributed by atoms with Gasteiger partial charge in [0.1, 0.15) is 5.82 Å². The van der Waals surface area contributed by atoms with E-state index in [9.17, 15) is 0 Å². The Morgan fingerprint density at radius 1 is 0.479 bits per heavy atom. The van der Waals surface area contributed by atoms with Crippen LogP contribution in [0.4, 0.5) is 0 Å². The van der Waals surface area contributed by atoms with Crippen LogP contribution in [0.2, 0.25) is 0 Å². The minimum Gasteiger partial charge on any atom is -0.309 e. The summed E-state index contributed by atoms with van der Waals surface area (Å²) >= 11 is 0. The lowest BCUT2D eigenvalue weighted by Gasteiger charge is -2.15. The molecular formula is C45H31N3. The number of rotatable bonds is 4. The Balaban J connectivity index is 1.17. The molecule has 226 valence electrons. The van der Waals surface area contributed by atoms with E-state index in [0.29, 0.717) is 0 Å². The third-order valence-electron chi connectivity index (χ3n) is 9.98. The average Bonchev–Trinajstić information content (AvgIpc) is 3.67. The molecular weight excluding hydrogens is 583 g/mol. The Kier molecular flexibility index (Phi) is 6.00. The second kappa shape index (κ2) is 10.7. The molecule has 0 unspecified atom stereocenters. The Labute approximate surface area is 278 Å². The molecule has 48 heavy (non-hydrogen) atoms. The van der Waals surface area contributed by atoms with Gasteiger partial charge in [0.2, 0.25) is 0 Å². The number of aromatic nitrogens is 3. The summed E-state index contributed by atoms with van der Waals surface area (Å²) in [6.45, 7) is 0. The van der Waals surface area contributed by atoms with Crippen LogP contribution in [-0.2, 0) is 6.42 Å². The summed E-state index contributed by atoms with van der Waals surface area (Å²) in [7, 11) is 0. The maximum absolute atomic E-state index is 5.27. The highest BCUT2D eigenvalue weighted by molar-refractivity contribution is 6.10. The molecule has 0 saturated carbocycles. The summed E-state index contributed by atoms with van der Waals surface area (Å²) < 4.78 is 4.78. The predicted octanol–water partition coefficient (Wildman–Crippen LogP) is 11.6. The van der Waals surface area contributed by atoms with Gasteiger partial charge in [-0.3, -0.25) is 4.57 Å². The van der Waals surface area contributed by atoms with Gasteiger partial charge in [-0.1, -0.05) is 109 Å². The molecule has 0 atom stereocenters. The quantitative estimate of drug-likeness (QED) is 0.194. The zero-order valence-corrected chi connectivity index (χ0v) is 26.3. The van der Waals surface area contributed by atoms with Gasteiger partial charge in [0.15, 0.2) is 0 Å². The maximum atomic E-state index is 5.27. The normalized spacial score (nSPS) is 12.8. The number of fused-ring (bicyclic) bond motifs is 7. The molecule has 1 aliphatic carbocycles. The van der Waals surface area contributed by atoms with Crippen LogP contribution >= 0.6 is 0 Å². The number of allylic oxidation sites excluding steroid dienone is 1. The lowest BCUT2D eigenvalue weighted by Crippen LogP contribution is -2.05. The molecule has 3 nitrogen and oxygen atoms in total. The predicted molar refractivity (Wildman–Crippen MR) is 201 cm³/mol. The molecule has 3 heterocycles. The number of nitrogens with zero attached hydrogens (tertiary/aromatic N) is 3. The molecule has 0 N–H and O–H groups in total. The Morgan fingerprint density at radius 2 is 1.12 bits per heavy atom. The van der Waals surface area contributed by atoms with Crippen molar-refractivity contribution < 1.29 is 0 Å². The molecule has 0 amide bonds. The highest BCUT2D eigenvalue weighted by Crippen LogP contribution is 2.40. The second-order valence-corrected chi connectivity index (χ2v) is 12.7. The molecule has 0 bridgehead atoms. The summed E-state index contributed by atoms with van der Waals surface area (Å²) in [6.07, 6.45) is 6.64. The van der Waals surface area contributed by atoms with Crippen molar-refractivity contribution in [1.29, 1.82) is 0 Å². The van der Waals surface area contributed by atoms with E-state index in [4.69, 9.17) is 4.98 Å². The van der Waals surface area contributed by atoms with Crippen LogP contribution < -0.4 is 0 Å². The molecule has 0 radical (unpaired) electrons. The lowest BCUT2D eigenvalue weighted by atomic mass is 9.98. The molecule has 0 spiro atoms. The van der Waals surface area contributed by atoms with E-state index in [1.54, 1.807) is 0 Å². The third-order valence-corrected chi connectivity index (χ3v) is 9.98. The number of hydrogen-bond donors (Lipinski definition) is 0. The number of pyridine rings is 1. The van der Waals surface area contributed by atoms with Gasteiger partial charge in [-0.05, 0) is 89.7 Å². The van der Waals surface area contributed by atoms with Crippen LogP contribution in [-0.4, -0.2) is 14.1 Å². The monoisotopic (exact) mass is 613 g/mol. The molecule has 10 rings (SSSR count). The van der Waals surface area contributed by atoms with E-state index in [1.165, 1.54) is 77.3 Å². The summed E-state index contributed by atoms with van der Waals surface area (Å²) in [5.41, 5.74) is 13.3. The first-order valence-electron chi connectivity index (χ1n) is 16.7. The van der Waals surface area contributed by atoms with Gasteiger partial charge in [0.25, 0.3) is 0 Å². The van der Waals surface area contributed by atoms with E-state index in [-0.39, 0.29) is 0 Å². The fourth-order valence-electron chi connectivity index (χ4n) is 7.80. The van der Waals surface area contributed by atoms with Gasteiger partial charge in [-0.2, -0.15) is 0 Å². The summed E-state index contributed by atoms with van der Waals surface area (Å²) in [5, 5.41) is 4.97. The minimum absolute atomic E-state index is 0.969. The third kappa shape index (κ3) is 4.11. The first-order chi connectivity index (χ1) is 23.8. The van der Waals surface area contributed by atoms with Crippen LogP contribution in [0.5, 0.6) is 0 Å². The first kappa shape index (κ1) is 27.0. The van der Waals surface area contributed by atoms with Crippen LogP contribution in [0.3, 0.4) is 0 Å². The van der Waals surface area contributed by atoms with Crippen LogP contribution in [0.1, 0.15) is 17.7 Å². The smallest absolute Gasteiger partial charge is 0.138 e. The van der Waals surface area contributed by atoms with Gasteiger partial charge in [0.05, 0.1) is 22.1 Å². The average molecular weight is 614 g/mol. The van der Waals surface area contributed by atoms with Crippen LogP contribution in [0.15, 0.2) is 158 Å². The van der Waals surface area contributed by atoms with Gasteiger partial charge >= 0.3 is 0 Å². The second-order valence-electron chi connectivity index (χ2n) is 12.7. The van der Waals surface area contributed by atoms with Crippen LogP contribution in [0, 0.1) is 0 Å². The SMILES string of the molecule is C1=Cc2c(n(-c3cc(-c4ccccc4)c4ccccc4n3)c3ccc(-c4ccc5c(c4)c4ccccc4n5-c4ccccc4)cc23)CC1. The van der Waals surface area contributed by atoms with Crippen molar-refractivity contribution in [2.45, 2.75) is 12.8 Å². The molecule has 0 aliphatic heterocycles. The summed E-state index contributed by atoms with van der Waals surface area (Å²) in [5.74, 6) is 0.969. The molecule has 6 aromatic carbocycles. The number of para-hydroxylation sites is 3. The fraction of sp³-hybridized carbons (Fsp3) is 0.0444. The van der Waals surface area contributed by atoms with Crippen LogP contribution in [0.25, 0.3) is 83.4 Å². The van der Waals surface area contributed by atoms with E-state index < -0.39 is 0 Å². The highest BCUT2D eigenvalue weighted by atomic mass is 15.1. The largest absolute Gasteiger partial charge is 0.309 e. The fourth-order valence-corrected chi connectivity index (χ4v) is 7.80. The standard InChI is InChI=1S/C45H31N3/c1-3-13-30(14-4-1)37-29-45(46-40-20-10-7-17-34(37)40)48-42-22-12-9-19-36(42)39-28-32(24-26-44(39)48)31-23-25-43-38(27-31)35-18-8-11-21-41(35)47(43)33-15-5-2-6-16-33/h1-11,13-21,23-29H,12,22H2. The van der Waals surface area contributed by atoms with Crippen molar-refractivity contribution in [3.63, 3.8) is 0 Å². The van der Waals surface area contributed by atoms with E-state index in [1.807, 2.05) is 0 Å². The number of benzene rings is 6. The Bertz CT molecular complexity index is 2710. The van der Waals surface area contributed by atoms with E-state index in [2.05, 4.69) is 173 Å². The summed E-state index contributed by atoms with van der Waals surface area (Å²) in [6, 6.07) is 54.7. The highest BCUT2D eigenvalue weighted by Gasteiger charge is 2.21. The topological polar surface area (TPSA) is 22.8 Å². The first-order valence-corrected chi connectivity index (χ1v) is 16.7. The van der Waals surface area contributed by atoms with Crippen molar-refractivity contribution in [3.8, 4) is 33.8 Å². The Hall–Kier alpha value is -6.19. The van der Waals surface area contributed by atoms with Gasteiger partial charge in [-0.25, -0.2) is 4.98 Å². The minimum atomic E-state index is 0.969. The van der Waals surface area contributed by atoms with Gasteiger partial charge < -0.3 is 4.57 Å².